The summed E-state index contributed by atoms with van der Waals surface area (Å²) in [4.78, 5) is 11.8. The Hall–Kier alpha value is -1.71. The van der Waals surface area contributed by atoms with Gasteiger partial charge in [-0.2, -0.15) is 5.26 Å². The Labute approximate surface area is 131 Å². The van der Waals surface area contributed by atoms with Crippen molar-refractivity contribution in [3.05, 3.63) is 39.6 Å². The average Bonchev–Trinajstić information content (AvgIpc) is 2.46. The lowest BCUT2D eigenvalue weighted by atomic mass is 10.1. The maximum atomic E-state index is 13.7. The standard InChI is InChI=1S/C15H16BrFN2O2/c1-2-21-7-3-6-19-15(20)12(10-18)8-11-4-5-13(16)9-14(11)17/h4-5,8-9H,2-3,6-7H2,1H3,(H,19,20)/b12-8+. The summed E-state index contributed by atoms with van der Waals surface area (Å²) in [6.45, 7) is 3.46. The number of nitrogens with zero attached hydrogens (tertiary/aromatic N) is 1. The molecule has 4 nitrogen and oxygen atoms in total. The molecule has 0 heterocycles. The molecule has 1 amide bonds. The van der Waals surface area contributed by atoms with Gasteiger partial charge in [0, 0.05) is 29.8 Å². The van der Waals surface area contributed by atoms with E-state index in [-0.39, 0.29) is 11.1 Å². The Morgan fingerprint density at radius 1 is 1.57 bits per heavy atom. The van der Waals surface area contributed by atoms with Crippen LogP contribution < -0.4 is 5.32 Å². The van der Waals surface area contributed by atoms with Crippen molar-refractivity contribution in [2.45, 2.75) is 13.3 Å². The number of nitriles is 1. The Bertz CT molecular complexity index is 567. The molecule has 0 aromatic heterocycles. The third kappa shape index (κ3) is 6.06. The van der Waals surface area contributed by atoms with E-state index < -0.39 is 11.7 Å². The fourth-order valence-corrected chi connectivity index (χ4v) is 1.87. The molecule has 0 saturated heterocycles. The second kappa shape index (κ2) is 9.27. The summed E-state index contributed by atoms with van der Waals surface area (Å²) in [5, 5.41) is 11.6. The largest absolute Gasteiger partial charge is 0.382 e. The van der Waals surface area contributed by atoms with Crippen molar-refractivity contribution in [1.82, 2.24) is 5.32 Å². The van der Waals surface area contributed by atoms with Crippen molar-refractivity contribution >= 4 is 27.9 Å². The number of rotatable bonds is 7. The van der Waals surface area contributed by atoms with Crippen molar-refractivity contribution < 1.29 is 13.9 Å². The third-order valence-corrected chi connectivity index (χ3v) is 3.08. The summed E-state index contributed by atoms with van der Waals surface area (Å²) in [7, 11) is 0. The lowest BCUT2D eigenvalue weighted by molar-refractivity contribution is -0.117. The summed E-state index contributed by atoms with van der Waals surface area (Å²) in [5.74, 6) is -1.02. The van der Waals surface area contributed by atoms with E-state index in [1.54, 1.807) is 12.1 Å². The molecule has 1 aromatic carbocycles. The quantitative estimate of drug-likeness (QED) is 0.465. The highest BCUT2D eigenvalue weighted by molar-refractivity contribution is 9.10. The fraction of sp³-hybridized carbons (Fsp3) is 0.333. The van der Waals surface area contributed by atoms with Gasteiger partial charge in [0.25, 0.3) is 5.91 Å². The van der Waals surface area contributed by atoms with Crippen LogP contribution in [-0.2, 0) is 9.53 Å². The lowest BCUT2D eigenvalue weighted by Gasteiger charge is -2.05. The number of hydrogen-bond acceptors (Lipinski definition) is 3. The van der Waals surface area contributed by atoms with Crippen LogP contribution in [0.2, 0.25) is 0 Å². The first kappa shape index (κ1) is 17.3. The van der Waals surface area contributed by atoms with Crippen LogP contribution in [0.1, 0.15) is 18.9 Å². The second-order valence-corrected chi connectivity index (χ2v) is 5.06. The molecule has 0 aliphatic rings. The number of nitrogens with one attached hydrogen (secondary N) is 1. The van der Waals surface area contributed by atoms with Gasteiger partial charge in [-0.1, -0.05) is 22.0 Å². The van der Waals surface area contributed by atoms with Crippen molar-refractivity contribution in [2.75, 3.05) is 19.8 Å². The van der Waals surface area contributed by atoms with Gasteiger partial charge in [0.2, 0.25) is 0 Å². The van der Waals surface area contributed by atoms with Gasteiger partial charge in [-0.05, 0) is 31.6 Å². The number of benzene rings is 1. The molecule has 21 heavy (non-hydrogen) atoms. The van der Waals surface area contributed by atoms with Crippen molar-refractivity contribution in [3.63, 3.8) is 0 Å². The summed E-state index contributed by atoms with van der Waals surface area (Å²) in [6, 6.07) is 6.20. The minimum Gasteiger partial charge on any atom is -0.382 e. The molecule has 0 saturated carbocycles. The van der Waals surface area contributed by atoms with E-state index in [1.165, 1.54) is 18.2 Å². The average molecular weight is 355 g/mol. The number of carbonyl (C=O) groups excluding carboxylic acids is 1. The van der Waals surface area contributed by atoms with Crippen LogP contribution in [0.15, 0.2) is 28.2 Å². The molecule has 0 unspecified atom stereocenters. The highest BCUT2D eigenvalue weighted by Crippen LogP contribution is 2.17. The zero-order valence-electron chi connectivity index (χ0n) is 11.7. The van der Waals surface area contributed by atoms with Gasteiger partial charge in [-0.15, -0.1) is 0 Å². The number of ether oxygens (including phenoxy) is 1. The van der Waals surface area contributed by atoms with Gasteiger partial charge in [-0.3, -0.25) is 4.79 Å². The van der Waals surface area contributed by atoms with E-state index in [0.717, 1.165) is 0 Å². The molecule has 1 rings (SSSR count). The Kier molecular flexibility index (Phi) is 7.65. The first-order valence-corrected chi connectivity index (χ1v) is 7.30. The van der Waals surface area contributed by atoms with Gasteiger partial charge in [-0.25, -0.2) is 4.39 Å². The molecular formula is C15H16BrFN2O2. The minimum absolute atomic E-state index is 0.132. The zero-order valence-corrected chi connectivity index (χ0v) is 13.2. The van der Waals surface area contributed by atoms with Gasteiger partial charge < -0.3 is 10.1 Å². The SMILES string of the molecule is CCOCCCNC(=O)/C(C#N)=C/c1ccc(Br)cc1F. The topological polar surface area (TPSA) is 62.1 Å². The summed E-state index contributed by atoms with van der Waals surface area (Å²) >= 11 is 3.15. The van der Waals surface area contributed by atoms with E-state index in [4.69, 9.17) is 10.00 Å². The fourth-order valence-electron chi connectivity index (χ4n) is 1.54. The predicted molar refractivity (Wildman–Crippen MR) is 81.8 cm³/mol. The minimum atomic E-state index is -0.517. The molecular weight excluding hydrogens is 339 g/mol. The van der Waals surface area contributed by atoms with Crippen LogP contribution in [0.3, 0.4) is 0 Å². The molecule has 0 fully saturated rings. The number of halogens is 2. The van der Waals surface area contributed by atoms with Gasteiger partial charge in [0.15, 0.2) is 0 Å². The first-order chi connectivity index (χ1) is 10.1. The lowest BCUT2D eigenvalue weighted by Crippen LogP contribution is -2.26. The summed E-state index contributed by atoms with van der Waals surface area (Å²) in [6.07, 6.45) is 1.89. The molecule has 0 atom stereocenters. The van der Waals surface area contributed by atoms with Crippen LogP contribution in [-0.4, -0.2) is 25.7 Å². The molecule has 0 aliphatic heterocycles. The zero-order chi connectivity index (χ0) is 15.7. The molecule has 0 radical (unpaired) electrons. The van der Waals surface area contributed by atoms with Crippen molar-refractivity contribution in [3.8, 4) is 6.07 Å². The van der Waals surface area contributed by atoms with Crippen LogP contribution >= 0.6 is 15.9 Å². The Morgan fingerprint density at radius 3 is 2.95 bits per heavy atom. The highest BCUT2D eigenvalue weighted by Gasteiger charge is 2.10. The third-order valence-electron chi connectivity index (χ3n) is 2.58. The maximum Gasteiger partial charge on any atom is 0.261 e. The van der Waals surface area contributed by atoms with Crippen molar-refractivity contribution in [2.24, 2.45) is 0 Å². The van der Waals surface area contributed by atoms with E-state index in [0.29, 0.717) is 30.7 Å². The number of carbonyl (C=O) groups is 1. The number of amides is 1. The molecule has 1 aromatic rings. The Morgan fingerprint density at radius 2 is 2.33 bits per heavy atom. The Balaban J connectivity index is 2.67. The molecule has 0 bridgehead atoms. The number of hydrogen-bond donors (Lipinski definition) is 1. The highest BCUT2D eigenvalue weighted by atomic mass is 79.9. The van der Waals surface area contributed by atoms with Gasteiger partial charge in [0.05, 0.1) is 0 Å². The second-order valence-electron chi connectivity index (χ2n) is 4.14. The van der Waals surface area contributed by atoms with Crippen molar-refractivity contribution in [1.29, 1.82) is 5.26 Å². The summed E-state index contributed by atoms with van der Waals surface area (Å²) in [5.41, 5.74) is 0.0619. The van der Waals surface area contributed by atoms with E-state index in [2.05, 4.69) is 21.2 Å². The van der Waals surface area contributed by atoms with Gasteiger partial charge >= 0.3 is 0 Å². The normalized spacial score (nSPS) is 11.0. The van der Waals surface area contributed by atoms with E-state index >= 15 is 0 Å². The first-order valence-electron chi connectivity index (χ1n) is 6.51. The smallest absolute Gasteiger partial charge is 0.261 e. The molecule has 1 N–H and O–H groups in total. The predicted octanol–water partition coefficient (Wildman–Crippen LogP) is 3.04. The van der Waals surface area contributed by atoms with E-state index in [9.17, 15) is 9.18 Å². The summed E-state index contributed by atoms with van der Waals surface area (Å²) < 4.78 is 19.4. The van der Waals surface area contributed by atoms with Crippen LogP contribution in [0.25, 0.3) is 6.08 Å². The van der Waals surface area contributed by atoms with Crippen LogP contribution in [0.5, 0.6) is 0 Å². The molecule has 0 aliphatic carbocycles. The van der Waals surface area contributed by atoms with E-state index in [1.807, 2.05) is 6.92 Å². The monoisotopic (exact) mass is 354 g/mol. The molecule has 112 valence electrons. The van der Waals surface area contributed by atoms with Crippen LogP contribution in [0, 0.1) is 17.1 Å². The molecule has 0 spiro atoms. The maximum absolute atomic E-state index is 13.7. The van der Waals surface area contributed by atoms with Crippen LogP contribution in [0.4, 0.5) is 4.39 Å². The molecule has 6 heteroatoms. The van der Waals surface area contributed by atoms with Gasteiger partial charge in [0.1, 0.15) is 17.5 Å².